The van der Waals surface area contributed by atoms with Gasteiger partial charge in [0.1, 0.15) is 5.75 Å². The van der Waals surface area contributed by atoms with E-state index in [9.17, 15) is 9.59 Å². The van der Waals surface area contributed by atoms with Crippen LogP contribution in [0.4, 0.5) is 5.69 Å². The molecule has 0 saturated carbocycles. The number of aromatic nitrogens is 1. The lowest BCUT2D eigenvalue weighted by molar-refractivity contribution is -0.147. The summed E-state index contributed by atoms with van der Waals surface area (Å²) in [6.07, 6.45) is 0.563. The number of aryl methyl sites for hydroxylation is 1. The molecule has 174 valence electrons. The number of esters is 1. The molecule has 1 heterocycles. The number of hydrogen-bond donors (Lipinski definition) is 2. The summed E-state index contributed by atoms with van der Waals surface area (Å²) in [5.41, 5.74) is 4.19. The summed E-state index contributed by atoms with van der Waals surface area (Å²) in [7, 11) is 1.62. The molecule has 1 amide bonds. The molecule has 0 spiro atoms. The molecule has 6 nitrogen and oxygen atoms in total. The molecule has 0 aliphatic heterocycles. The minimum atomic E-state index is -0.519. The van der Waals surface area contributed by atoms with Crippen LogP contribution in [0.5, 0.6) is 5.75 Å². The molecule has 0 bridgehead atoms. The summed E-state index contributed by atoms with van der Waals surface area (Å²) in [6, 6.07) is 20.5. The number of H-pyrrole nitrogens is 1. The summed E-state index contributed by atoms with van der Waals surface area (Å²) >= 11 is 12.1. The third-order valence-electron chi connectivity index (χ3n) is 5.36. The number of ether oxygens (including phenoxy) is 2. The van der Waals surface area contributed by atoms with Gasteiger partial charge in [0, 0.05) is 23.0 Å². The maximum atomic E-state index is 12.4. The SMILES string of the molecule is COc1ccc(-c2[nH]c3ccccc3c2CCC(=O)OCC(=O)Nc2c(Cl)cccc2Cl)cc1. The van der Waals surface area contributed by atoms with Gasteiger partial charge in [-0.15, -0.1) is 0 Å². The maximum absolute atomic E-state index is 12.4. The van der Waals surface area contributed by atoms with E-state index >= 15 is 0 Å². The first-order chi connectivity index (χ1) is 16.5. The van der Waals surface area contributed by atoms with Crippen LogP contribution >= 0.6 is 23.2 Å². The van der Waals surface area contributed by atoms with Gasteiger partial charge >= 0.3 is 5.97 Å². The van der Waals surface area contributed by atoms with Crippen molar-refractivity contribution in [2.24, 2.45) is 0 Å². The van der Waals surface area contributed by atoms with Gasteiger partial charge in [-0.1, -0.05) is 47.5 Å². The first kappa shape index (κ1) is 23.7. The Bertz CT molecular complexity index is 1310. The smallest absolute Gasteiger partial charge is 0.306 e. The number of halogens is 2. The van der Waals surface area contributed by atoms with Crippen molar-refractivity contribution in [1.29, 1.82) is 0 Å². The Morgan fingerprint density at radius 2 is 1.65 bits per heavy atom. The predicted octanol–water partition coefficient (Wildman–Crippen LogP) is 6.26. The van der Waals surface area contributed by atoms with Gasteiger partial charge in [-0.3, -0.25) is 9.59 Å². The van der Waals surface area contributed by atoms with Crippen LogP contribution in [0, 0.1) is 0 Å². The molecule has 4 aromatic rings. The zero-order chi connectivity index (χ0) is 24.1. The molecule has 0 saturated heterocycles. The van der Waals surface area contributed by atoms with E-state index in [0.717, 1.165) is 33.5 Å². The van der Waals surface area contributed by atoms with Crippen LogP contribution < -0.4 is 10.1 Å². The van der Waals surface area contributed by atoms with Crippen LogP contribution in [0.3, 0.4) is 0 Å². The van der Waals surface area contributed by atoms with Gasteiger partial charge in [0.05, 0.1) is 22.8 Å². The lowest BCUT2D eigenvalue weighted by Crippen LogP contribution is -2.21. The normalized spacial score (nSPS) is 10.8. The highest BCUT2D eigenvalue weighted by atomic mass is 35.5. The average Bonchev–Trinajstić information content (AvgIpc) is 3.22. The fourth-order valence-corrected chi connectivity index (χ4v) is 4.19. The lowest BCUT2D eigenvalue weighted by atomic mass is 10.0. The highest BCUT2D eigenvalue weighted by molar-refractivity contribution is 6.39. The second-order valence-electron chi connectivity index (χ2n) is 7.56. The number of nitrogens with one attached hydrogen (secondary N) is 2. The number of carbonyl (C=O) groups is 2. The van der Waals surface area contributed by atoms with Gasteiger partial charge < -0.3 is 19.8 Å². The van der Waals surface area contributed by atoms with E-state index in [2.05, 4.69) is 10.3 Å². The maximum Gasteiger partial charge on any atom is 0.306 e. The van der Waals surface area contributed by atoms with E-state index in [1.807, 2.05) is 48.5 Å². The topological polar surface area (TPSA) is 80.4 Å². The Kier molecular flexibility index (Phi) is 7.40. The molecule has 3 aromatic carbocycles. The first-order valence-electron chi connectivity index (χ1n) is 10.6. The van der Waals surface area contributed by atoms with Gasteiger partial charge in [0.2, 0.25) is 0 Å². The monoisotopic (exact) mass is 496 g/mol. The predicted molar refractivity (Wildman–Crippen MR) is 135 cm³/mol. The standard InChI is InChI=1S/C26H22Cl2N2O4/c1-33-17-11-9-16(10-12-17)25-19(18-5-2-3-8-22(18)29-25)13-14-24(32)34-15-23(31)30-26-20(27)6-4-7-21(26)28/h2-12,29H,13-15H2,1H3,(H,30,31). The Balaban J connectivity index is 1.42. The Hall–Kier alpha value is -3.48. The van der Waals surface area contributed by atoms with Crippen LogP contribution in [0.25, 0.3) is 22.2 Å². The van der Waals surface area contributed by atoms with Crippen molar-refractivity contribution >= 4 is 51.7 Å². The van der Waals surface area contributed by atoms with Gasteiger partial charge in [0.25, 0.3) is 5.91 Å². The molecule has 0 aliphatic rings. The van der Waals surface area contributed by atoms with Crippen molar-refractivity contribution in [1.82, 2.24) is 4.98 Å². The average molecular weight is 497 g/mol. The minimum absolute atomic E-state index is 0.116. The Morgan fingerprint density at radius 3 is 2.35 bits per heavy atom. The van der Waals surface area contributed by atoms with Gasteiger partial charge in [-0.25, -0.2) is 0 Å². The summed E-state index contributed by atoms with van der Waals surface area (Å²) in [4.78, 5) is 28.1. The van der Waals surface area contributed by atoms with E-state index in [-0.39, 0.29) is 12.1 Å². The number of anilines is 1. The lowest BCUT2D eigenvalue weighted by Gasteiger charge is -2.10. The molecule has 34 heavy (non-hydrogen) atoms. The Labute approximate surface area is 206 Å². The third kappa shape index (κ3) is 5.35. The summed E-state index contributed by atoms with van der Waals surface area (Å²) in [6.45, 7) is -0.431. The van der Waals surface area contributed by atoms with Crippen LogP contribution in [0.2, 0.25) is 10.0 Å². The quantitative estimate of drug-likeness (QED) is 0.282. The number of carbonyl (C=O) groups excluding carboxylic acids is 2. The highest BCUT2D eigenvalue weighted by Crippen LogP contribution is 2.32. The van der Waals surface area contributed by atoms with Crippen molar-refractivity contribution in [3.8, 4) is 17.0 Å². The molecule has 0 aliphatic carbocycles. The summed E-state index contributed by atoms with van der Waals surface area (Å²) in [5.74, 6) is -0.234. The van der Waals surface area contributed by atoms with Gasteiger partial charge in [0.15, 0.2) is 6.61 Å². The molecule has 0 unspecified atom stereocenters. The number of fused-ring (bicyclic) bond motifs is 1. The molecule has 1 aromatic heterocycles. The van der Waals surface area contributed by atoms with E-state index in [1.165, 1.54) is 0 Å². The van der Waals surface area contributed by atoms with Crippen molar-refractivity contribution < 1.29 is 19.1 Å². The second kappa shape index (κ2) is 10.6. The molecular weight excluding hydrogens is 475 g/mol. The van der Waals surface area contributed by atoms with E-state index in [1.54, 1.807) is 25.3 Å². The van der Waals surface area contributed by atoms with Crippen molar-refractivity contribution in [2.75, 3.05) is 19.0 Å². The van der Waals surface area contributed by atoms with Crippen LogP contribution in [-0.2, 0) is 20.7 Å². The largest absolute Gasteiger partial charge is 0.497 e. The third-order valence-corrected chi connectivity index (χ3v) is 5.99. The highest BCUT2D eigenvalue weighted by Gasteiger charge is 2.16. The first-order valence-corrected chi connectivity index (χ1v) is 11.4. The minimum Gasteiger partial charge on any atom is -0.497 e. The fourth-order valence-electron chi connectivity index (χ4n) is 3.70. The molecule has 4 rings (SSSR count). The summed E-state index contributed by atoms with van der Waals surface area (Å²) < 4.78 is 10.4. The van der Waals surface area contributed by atoms with Gasteiger partial charge in [-0.05, 0) is 60.0 Å². The molecule has 0 atom stereocenters. The van der Waals surface area contributed by atoms with Crippen molar-refractivity contribution in [3.05, 3.63) is 82.3 Å². The second-order valence-corrected chi connectivity index (χ2v) is 8.37. The number of hydrogen-bond acceptors (Lipinski definition) is 4. The number of benzene rings is 3. The summed E-state index contributed by atoms with van der Waals surface area (Å²) in [5, 5.41) is 4.21. The number of amides is 1. The van der Waals surface area contributed by atoms with Crippen LogP contribution in [-0.4, -0.2) is 30.6 Å². The molecule has 0 radical (unpaired) electrons. The van der Waals surface area contributed by atoms with Gasteiger partial charge in [-0.2, -0.15) is 0 Å². The fraction of sp³-hybridized carbons (Fsp3) is 0.154. The zero-order valence-corrected chi connectivity index (χ0v) is 19.9. The number of para-hydroxylation sites is 2. The number of aromatic amines is 1. The van der Waals surface area contributed by atoms with Crippen molar-refractivity contribution in [3.63, 3.8) is 0 Å². The molecule has 2 N–H and O–H groups in total. The van der Waals surface area contributed by atoms with Crippen LogP contribution in [0.15, 0.2) is 66.7 Å². The molecule has 0 fully saturated rings. The van der Waals surface area contributed by atoms with E-state index < -0.39 is 18.5 Å². The van der Waals surface area contributed by atoms with E-state index in [4.69, 9.17) is 32.7 Å². The Morgan fingerprint density at radius 1 is 0.941 bits per heavy atom. The zero-order valence-electron chi connectivity index (χ0n) is 18.4. The number of rotatable bonds is 8. The van der Waals surface area contributed by atoms with E-state index in [0.29, 0.717) is 16.5 Å². The van der Waals surface area contributed by atoms with Crippen LogP contribution in [0.1, 0.15) is 12.0 Å². The number of methoxy groups -OCH3 is 1. The molecule has 8 heteroatoms. The van der Waals surface area contributed by atoms with Crippen molar-refractivity contribution in [2.45, 2.75) is 12.8 Å². The molecular formula is C26H22Cl2N2O4.